The molecule has 4 heteroatoms. The van der Waals surface area contributed by atoms with Crippen LogP contribution in [0.3, 0.4) is 0 Å². The molecule has 1 nitrogen and oxygen atoms in total. The smallest absolute Gasteiger partial charge is 0.133 e. The van der Waals surface area contributed by atoms with Crippen molar-refractivity contribution in [2.75, 3.05) is 5.73 Å². The summed E-state index contributed by atoms with van der Waals surface area (Å²) in [4.78, 5) is 0. The second kappa shape index (κ2) is 2.85. The first-order chi connectivity index (χ1) is 5.70. The summed E-state index contributed by atoms with van der Waals surface area (Å²) in [7, 11) is 0. The molecule has 0 saturated heterocycles. The molecule has 1 aromatic carbocycles. The molecule has 0 atom stereocenters. The first kappa shape index (κ1) is 8.25. The largest absolute Gasteiger partial charge is 0.398 e. The number of nitrogen functional groups attached to an aromatic ring is 1. The summed E-state index contributed by atoms with van der Waals surface area (Å²) in [5.74, 6) is -0.232. The molecule has 1 heterocycles. The van der Waals surface area contributed by atoms with Crippen molar-refractivity contribution in [2.24, 2.45) is 0 Å². The highest BCUT2D eigenvalue weighted by Gasteiger charge is 2.08. The van der Waals surface area contributed by atoms with Gasteiger partial charge in [0, 0.05) is 11.1 Å². The Labute approximate surface area is 86.5 Å². The fourth-order valence-electron chi connectivity index (χ4n) is 1.08. The molecule has 0 spiro atoms. The second-order valence-electron chi connectivity index (χ2n) is 2.42. The van der Waals surface area contributed by atoms with E-state index in [-0.39, 0.29) is 5.82 Å². The molecule has 2 N–H and O–H groups in total. The van der Waals surface area contributed by atoms with Crippen LogP contribution in [0.15, 0.2) is 17.5 Å². The Balaban J connectivity index is 2.97. The van der Waals surface area contributed by atoms with Gasteiger partial charge in [0.1, 0.15) is 5.82 Å². The molecule has 0 saturated carbocycles. The number of hydrogen-bond donors (Lipinski definition) is 1. The van der Waals surface area contributed by atoms with Gasteiger partial charge in [-0.15, -0.1) is 11.3 Å². The first-order valence-electron chi connectivity index (χ1n) is 3.31. The van der Waals surface area contributed by atoms with Crippen LogP contribution in [0.25, 0.3) is 10.1 Å². The Bertz CT molecular complexity index is 438. The Kier molecular flexibility index (Phi) is 1.96. The highest BCUT2D eigenvalue weighted by Crippen LogP contribution is 2.32. The van der Waals surface area contributed by atoms with Crippen LogP contribution in [0.2, 0.25) is 0 Å². The maximum atomic E-state index is 13.2. The van der Waals surface area contributed by atoms with Crippen LogP contribution in [0.4, 0.5) is 10.1 Å². The quantitative estimate of drug-likeness (QED) is 0.586. The number of rotatable bonds is 0. The van der Waals surface area contributed by atoms with Crippen molar-refractivity contribution in [2.45, 2.75) is 0 Å². The molecule has 62 valence electrons. The number of anilines is 1. The number of halogens is 2. The summed E-state index contributed by atoms with van der Waals surface area (Å²) < 4.78 is 15.1. The summed E-state index contributed by atoms with van der Waals surface area (Å²) in [5, 5.41) is 2.54. The minimum Gasteiger partial charge on any atom is -0.398 e. The molecule has 12 heavy (non-hydrogen) atoms. The van der Waals surface area contributed by atoms with Crippen molar-refractivity contribution in [3.63, 3.8) is 0 Å². The van der Waals surface area contributed by atoms with Crippen LogP contribution >= 0.6 is 33.9 Å². The van der Waals surface area contributed by atoms with Gasteiger partial charge in [-0.1, -0.05) is 0 Å². The van der Waals surface area contributed by atoms with E-state index in [4.69, 9.17) is 5.73 Å². The first-order valence-corrected chi connectivity index (χ1v) is 5.26. The van der Waals surface area contributed by atoms with E-state index in [1.54, 1.807) is 6.07 Å². The zero-order valence-corrected chi connectivity index (χ0v) is 8.95. The van der Waals surface area contributed by atoms with Crippen LogP contribution in [0.1, 0.15) is 0 Å². The van der Waals surface area contributed by atoms with Crippen LogP contribution in [0.5, 0.6) is 0 Å². The van der Waals surface area contributed by atoms with Gasteiger partial charge in [0.2, 0.25) is 0 Å². The average molecular weight is 293 g/mol. The third-order valence-corrected chi connectivity index (χ3v) is 4.12. The Hall–Kier alpha value is -0.360. The SMILES string of the molecule is Nc1cc(F)c2ccsc2c1I. The summed E-state index contributed by atoms with van der Waals surface area (Å²) in [6, 6.07) is 3.15. The lowest BCUT2D eigenvalue weighted by Crippen LogP contribution is -1.90. The van der Waals surface area contributed by atoms with E-state index in [1.165, 1.54) is 17.4 Å². The molecule has 1 aromatic heterocycles. The molecular weight excluding hydrogens is 288 g/mol. The molecule has 0 aliphatic rings. The molecule has 0 bridgehead atoms. The fraction of sp³-hybridized carbons (Fsp3) is 0. The van der Waals surface area contributed by atoms with Gasteiger partial charge in [-0.2, -0.15) is 0 Å². The van der Waals surface area contributed by atoms with Gasteiger partial charge in [-0.3, -0.25) is 0 Å². The lowest BCUT2D eigenvalue weighted by molar-refractivity contribution is 0.640. The van der Waals surface area contributed by atoms with Gasteiger partial charge in [0.05, 0.1) is 8.27 Å². The van der Waals surface area contributed by atoms with Crippen molar-refractivity contribution in [3.8, 4) is 0 Å². The van der Waals surface area contributed by atoms with Gasteiger partial charge >= 0.3 is 0 Å². The zero-order chi connectivity index (χ0) is 8.72. The van der Waals surface area contributed by atoms with E-state index in [1.807, 2.05) is 5.38 Å². The van der Waals surface area contributed by atoms with E-state index in [2.05, 4.69) is 22.6 Å². The van der Waals surface area contributed by atoms with Gasteiger partial charge < -0.3 is 5.73 Å². The van der Waals surface area contributed by atoms with E-state index >= 15 is 0 Å². The van der Waals surface area contributed by atoms with Gasteiger partial charge in [0.15, 0.2) is 0 Å². The molecular formula is C8H5FINS. The molecule has 0 radical (unpaired) electrons. The van der Waals surface area contributed by atoms with Crippen LogP contribution in [-0.2, 0) is 0 Å². The van der Waals surface area contributed by atoms with Gasteiger partial charge in [0.25, 0.3) is 0 Å². The van der Waals surface area contributed by atoms with E-state index in [0.29, 0.717) is 11.1 Å². The molecule has 0 unspecified atom stereocenters. The van der Waals surface area contributed by atoms with E-state index in [9.17, 15) is 4.39 Å². The van der Waals surface area contributed by atoms with Crippen molar-refractivity contribution < 1.29 is 4.39 Å². The maximum Gasteiger partial charge on any atom is 0.133 e. The molecule has 0 aliphatic carbocycles. The van der Waals surface area contributed by atoms with Crippen LogP contribution in [-0.4, -0.2) is 0 Å². The van der Waals surface area contributed by atoms with E-state index < -0.39 is 0 Å². The van der Waals surface area contributed by atoms with Crippen molar-refractivity contribution in [1.82, 2.24) is 0 Å². The van der Waals surface area contributed by atoms with Gasteiger partial charge in [-0.05, 0) is 40.1 Å². The fourth-order valence-corrected chi connectivity index (χ4v) is 2.76. The normalized spacial score (nSPS) is 10.8. The van der Waals surface area contributed by atoms with Gasteiger partial charge in [-0.25, -0.2) is 4.39 Å². The third-order valence-electron chi connectivity index (χ3n) is 1.66. The average Bonchev–Trinajstić information content (AvgIpc) is 2.48. The zero-order valence-electron chi connectivity index (χ0n) is 5.97. The van der Waals surface area contributed by atoms with Crippen LogP contribution < -0.4 is 5.73 Å². The minimum atomic E-state index is -0.232. The number of thiophene rings is 1. The number of hydrogen-bond acceptors (Lipinski definition) is 2. The molecule has 2 rings (SSSR count). The highest BCUT2D eigenvalue weighted by molar-refractivity contribution is 14.1. The summed E-state index contributed by atoms with van der Waals surface area (Å²) in [6.45, 7) is 0. The Morgan fingerprint density at radius 3 is 3.00 bits per heavy atom. The second-order valence-corrected chi connectivity index (χ2v) is 4.42. The topological polar surface area (TPSA) is 26.0 Å². The number of fused-ring (bicyclic) bond motifs is 1. The standard InChI is InChI=1S/C8H5FINS/c9-5-3-6(11)7(10)8-4(5)1-2-12-8/h1-3H,11H2. The van der Waals surface area contributed by atoms with Crippen molar-refractivity contribution in [3.05, 3.63) is 26.9 Å². The monoisotopic (exact) mass is 293 g/mol. The maximum absolute atomic E-state index is 13.2. The lowest BCUT2D eigenvalue weighted by Gasteiger charge is -1.99. The molecule has 0 aliphatic heterocycles. The number of nitrogens with two attached hydrogens (primary N) is 1. The summed E-state index contributed by atoms with van der Waals surface area (Å²) in [6.07, 6.45) is 0. The number of benzene rings is 1. The summed E-state index contributed by atoms with van der Waals surface area (Å²) in [5.41, 5.74) is 6.12. The molecule has 2 aromatic rings. The van der Waals surface area contributed by atoms with Crippen LogP contribution in [0, 0.1) is 9.39 Å². The van der Waals surface area contributed by atoms with Crippen molar-refractivity contribution >= 4 is 49.7 Å². The highest BCUT2D eigenvalue weighted by atomic mass is 127. The molecule has 0 fully saturated rings. The predicted octanol–water partition coefficient (Wildman–Crippen LogP) is 3.23. The Morgan fingerprint density at radius 2 is 2.25 bits per heavy atom. The van der Waals surface area contributed by atoms with E-state index in [0.717, 1.165) is 8.27 Å². The molecule has 0 amide bonds. The Morgan fingerprint density at radius 1 is 1.50 bits per heavy atom. The predicted molar refractivity (Wildman–Crippen MR) is 58.9 cm³/mol. The lowest BCUT2D eigenvalue weighted by atomic mass is 10.2. The third kappa shape index (κ3) is 1.09. The summed E-state index contributed by atoms with van der Waals surface area (Å²) >= 11 is 3.65. The minimum absolute atomic E-state index is 0.232. The van der Waals surface area contributed by atoms with Crippen molar-refractivity contribution in [1.29, 1.82) is 0 Å².